The van der Waals surface area contributed by atoms with E-state index in [0.717, 1.165) is 25.0 Å². The van der Waals surface area contributed by atoms with Crippen molar-refractivity contribution >= 4 is 5.91 Å². The second-order valence-electron chi connectivity index (χ2n) is 7.87. The summed E-state index contributed by atoms with van der Waals surface area (Å²) in [5, 5.41) is 0. The zero-order chi connectivity index (χ0) is 20.3. The lowest BCUT2D eigenvalue weighted by Gasteiger charge is -2.23. The molecule has 1 amide bonds. The Labute approximate surface area is 176 Å². The van der Waals surface area contributed by atoms with Gasteiger partial charge in [0.15, 0.2) is 0 Å². The maximum Gasteiger partial charge on any atom is 0.254 e. The molecule has 0 aliphatic carbocycles. The van der Waals surface area contributed by atoms with Crippen molar-refractivity contribution in [1.29, 1.82) is 0 Å². The number of hydrogen-bond donors (Lipinski definition) is 0. The van der Waals surface area contributed by atoms with Crippen molar-refractivity contribution in [2.75, 3.05) is 13.2 Å². The van der Waals surface area contributed by atoms with Gasteiger partial charge in [0.25, 0.3) is 5.91 Å². The fourth-order valence-electron chi connectivity index (χ4n) is 4.22. The summed E-state index contributed by atoms with van der Waals surface area (Å²) in [7, 11) is 0. The fourth-order valence-corrected chi connectivity index (χ4v) is 4.22. The zero-order valence-electron chi connectivity index (χ0n) is 16.8. The fraction of sp³-hybridized carbons (Fsp3) is 0.280. The van der Waals surface area contributed by atoms with Crippen LogP contribution in [0.25, 0.3) is 0 Å². The van der Waals surface area contributed by atoms with Crippen molar-refractivity contribution in [3.63, 3.8) is 0 Å². The molecule has 5 heteroatoms. The Morgan fingerprint density at radius 2 is 1.77 bits per heavy atom. The number of carbonyl (C=O) groups excluding carboxylic acids is 1. The van der Waals surface area contributed by atoms with Gasteiger partial charge in [-0.2, -0.15) is 0 Å². The molecule has 0 N–H and O–H groups in total. The minimum absolute atomic E-state index is 0.0376. The summed E-state index contributed by atoms with van der Waals surface area (Å²) in [6, 6.07) is 19.5. The highest BCUT2D eigenvalue weighted by atomic mass is 16.5. The van der Waals surface area contributed by atoms with Gasteiger partial charge in [-0.3, -0.25) is 4.79 Å². The van der Waals surface area contributed by atoms with E-state index in [4.69, 9.17) is 9.47 Å². The molecule has 152 valence electrons. The Balaban J connectivity index is 1.29. The summed E-state index contributed by atoms with van der Waals surface area (Å²) in [4.78, 5) is 19.2. The SMILES string of the molecule is O=C(c1ccc(Oc2ncccc2C2CCCOC2)cc1)N1Cc2ccccc2C1. The molecule has 30 heavy (non-hydrogen) atoms. The summed E-state index contributed by atoms with van der Waals surface area (Å²) >= 11 is 0. The van der Waals surface area contributed by atoms with Crippen LogP contribution in [-0.2, 0) is 17.8 Å². The van der Waals surface area contributed by atoms with E-state index in [9.17, 15) is 4.79 Å². The quantitative estimate of drug-likeness (QED) is 0.624. The van der Waals surface area contributed by atoms with Crippen molar-refractivity contribution in [3.05, 3.63) is 89.1 Å². The lowest BCUT2D eigenvalue weighted by atomic mass is 9.94. The molecule has 2 aromatic carbocycles. The van der Waals surface area contributed by atoms with Crippen molar-refractivity contribution < 1.29 is 14.3 Å². The minimum Gasteiger partial charge on any atom is -0.439 e. The Kier molecular flexibility index (Phi) is 5.20. The highest BCUT2D eigenvalue weighted by molar-refractivity contribution is 5.94. The smallest absolute Gasteiger partial charge is 0.254 e. The molecule has 3 aromatic rings. The molecule has 1 fully saturated rings. The van der Waals surface area contributed by atoms with Crippen LogP contribution in [0.1, 0.15) is 45.8 Å². The normalized spacial score (nSPS) is 18.1. The molecule has 1 atom stereocenters. The Morgan fingerprint density at radius 1 is 1.00 bits per heavy atom. The molecule has 1 saturated heterocycles. The van der Waals surface area contributed by atoms with E-state index < -0.39 is 0 Å². The molecule has 0 radical (unpaired) electrons. The van der Waals surface area contributed by atoms with Gasteiger partial charge in [0, 0.05) is 42.9 Å². The summed E-state index contributed by atoms with van der Waals surface area (Å²) in [6.07, 6.45) is 3.87. The van der Waals surface area contributed by atoms with E-state index in [-0.39, 0.29) is 5.91 Å². The largest absolute Gasteiger partial charge is 0.439 e. The average Bonchev–Trinajstić information content (AvgIpc) is 3.24. The molecule has 1 aromatic heterocycles. The highest BCUT2D eigenvalue weighted by Gasteiger charge is 2.24. The van der Waals surface area contributed by atoms with Crippen LogP contribution in [0, 0.1) is 0 Å². The predicted molar refractivity (Wildman–Crippen MR) is 114 cm³/mol. The first-order valence-corrected chi connectivity index (χ1v) is 10.4. The van der Waals surface area contributed by atoms with Gasteiger partial charge in [-0.25, -0.2) is 4.98 Å². The number of pyridine rings is 1. The van der Waals surface area contributed by atoms with Gasteiger partial charge in [-0.1, -0.05) is 30.3 Å². The first-order chi connectivity index (χ1) is 14.8. The zero-order valence-corrected chi connectivity index (χ0v) is 16.8. The molecule has 1 unspecified atom stereocenters. The highest BCUT2D eigenvalue weighted by Crippen LogP contribution is 2.33. The monoisotopic (exact) mass is 400 g/mol. The Morgan fingerprint density at radius 3 is 2.47 bits per heavy atom. The number of rotatable bonds is 4. The average molecular weight is 400 g/mol. The van der Waals surface area contributed by atoms with Crippen LogP contribution < -0.4 is 4.74 Å². The van der Waals surface area contributed by atoms with Crippen LogP contribution in [0.2, 0.25) is 0 Å². The van der Waals surface area contributed by atoms with E-state index in [1.165, 1.54) is 11.1 Å². The molecule has 2 aliphatic rings. The van der Waals surface area contributed by atoms with Crippen LogP contribution >= 0.6 is 0 Å². The Hall–Kier alpha value is -3.18. The number of amides is 1. The van der Waals surface area contributed by atoms with Crippen LogP contribution in [0.5, 0.6) is 11.6 Å². The summed E-state index contributed by atoms with van der Waals surface area (Å²) in [6.45, 7) is 2.85. The molecule has 0 spiro atoms. The lowest BCUT2D eigenvalue weighted by Crippen LogP contribution is -2.25. The molecule has 3 heterocycles. The predicted octanol–water partition coefficient (Wildman–Crippen LogP) is 4.92. The third kappa shape index (κ3) is 3.81. The summed E-state index contributed by atoms with van der Waals surface area (Å²) in [5.74, 6) is 1.63. The van der Waals surface area contributed by atoms with E-state index in [2.05, 4.69) is 23.2 Å². The van der Waals surface area contributed by atoms with Gasteiger partial charge >= 0.3 is 0 Å². The van der Waals surface area contributed by atoms with E-state index in [1.807, 2.05) is 47.4 Å². The molecule has 0 saturated carbocycles. The summed E-state index contributed by atoms with van der Waals surface area (Å²) < 4.78 is 11.7. The van der Waals surface area contributed by atoms with Gasteiger partial charge < -0.3 is 14.4 Å². The number of ether oxygens (including phenoxy) is 2. The van der Waals surface area contributed by atoms with E-state index in [1.54, 1.807) is 6.20 Å². The van der Waals surface area contributed by atoms with Crippen LogP contribution in [0.3, 0.4) is 0 Å². The molecule has 0 bridgehead atoms. The molecule has 2 aliphatic heterocycles. The number of carbonyl (C=O) groups is 1. The third-order valence-corrected chi connectivity index (χ3v) is 5.84. The van der Waals surface area contributed by atoms with Gasteiger partial charge in [0.1, 0.15) is 5.75 Å². The second-order valence-corrected chi connectivity index (χ2v) is 7.87. The minimum atomic E-state index is 0.0376. The van der Waals surface area contributed by atoms with Crippen LogP contribution in [0.4, 0.5) is 0 Å². The number of fused-ring (bicyclic) bond motifs is 1. The standard InChI is InChI=1S/C25H24N2O3/c28-25(27-15-19-5-1-2-6-20(19)16-27)18-9-11-22(12-10-18)30-24-23(8-3-13-26-24)21-7-4-14-29-17-21/h1-3,5-6,8-13,21H,4,7,14-17H2. The third-order valence-electron chi connectivity index (χ3n) is 5.84. The molecular formula is C25H24N2O3. The lowest BCUT2D eigenvalue weighted by molar-refractivity contribution is 0.0751. The maximum absolute atomic E-state index is 12.9. The van der Waals surface area contributed by atoms with E-state index in [0.29, 0.717) is 42.8 Å². The number of benzene rings is 2. The molecular weight excluding hydrogens is 376 g/mol. The van der Waals surface area contributed by atoms with Gasteiger partial charge in [-0.05, 0) is 54.3 Å². The van der Waals surface area contributed by atoms with E-state index >= 15 is 0 Å². The van der Waals surface area contributed by atoms with Gasteiger partial charge in [0.2, 0.25) is 5.88 Å². The maximum atomic E-state index is 12.9. The molecule has 5 rings (SSSR count). The number of aromatic nitrogens is 1. The number of nitrogens with zero attached hydrogens (tertiary/aromatic N) is 2. The Bertz CT molecular complexity index is 1020. The van der Waals surface area contributed by atoms with Crippen molar-refractivity contribution in [2.45, 2.75) is 31.8 Å². The van der Waals surface area contributed by atoms with Crippen LogP contribution in [-0.4, -0.2) is 29.0 Å². The van der Waals surface area contributed by atoms with Crippen LogP contribution in [0.15, 0.2) is 66.9 Å². The van der Waals surface area contributed by atoms with Crippen molar-refractivity contribution in [2.24, 2.45) is 0 Å². The second kappa shape index (κ2) is 8.28. The molecule has 5 nitrogen and oxygen atoms in total. The topological polar surface area (TPSA) is 51.7 Å². The summed E-state index contributed by atoms with van der Waals surface area (Å²) in [5.41, 5.74) is 4.18. The van der Waals surface area contributed by atoms with Gasteiger partial charge in [-0.15, -0.1) is 0 Å². The van der Waals surface area contributed by atoms with Crippen molar-refractivity contribution in [1.82, 2.24) is 9.88 Å². The van der Waals surface area contributed by atoms with Gasteiger partial charge in [0.05, 0.1) is 6.61 Å². The van der Waals surface area contributed by atoms with Crippen molar-refractivity contribution in [3.8, 4) is 11.6 Å². The first-order valence-electron chi connectivity index (χ1n) is 10.4. The number of hydrogen-bond acceptors (Lipinski definition) is 4. The first kappa shape index (κ1) is 18.8.